The van der Waals surface area contributed by atoms with E-state index in [0.717, 1.165) is 5.56 Å². The minimum Gasteiger partial charge on any atom is -0.495 e. The number of rotatable bonds is 4. The summed E-state index contributed by atoms with van der Waals surface area (Å²) < 4.78 is 5.16. The summed E-state index contributed by atoms with van der Waals surface area (Å²) in [7, 11) is 1.58. The van der Waals surface area contributed by atoms with E-state index in [-0.39, 0.29) is 5.91 Å². The van der Waals surface area contributed by atoms with Gasteiger partial charge in [-0.3, -0.25) is 4.79 Å². The second kappa shape index (κ2) is 5.21. The number of H-pyrrole nitrogens is 1. The number of hydrogen-bond donors (Lipinski definition) is 2. The second-order valence-corrected chi connectivity index (χ2v) is 3.64. The smallest absolute Gasteiger partial charge is 0.228 e. The summed E-state index contributed by atoms with van der Waals surface area (Å²) in [5.41, 5.74) is 1.65. The van der Waals surface area contributed by atoms with Crippen molar-refractivity contribution in [1.29, 1.82) is 0 Å². The fraction of sp³-hybridized carbons (Fsp3) is 0.154. The Balaban J connectivity index is 2.03. The second-order valence-electron chi connectivity index (χ2n) is 3.64. The summed E-state index contributed by atoms with van der Waals surface area (Å²) in [5, 5.41) is 2.82. The van der Waals surface area contributed by atoms with Gasteiger partial charge >= 0.3 is 0 Å². The number of methoxy groups -OCH3 is 1. The topological polar surface area (TPSA) is 54.1 Å². The Morgan fingerprint density at radius 1 is 1.35 bits per heavy atom. The van der Waals surface area contributed by atoms with Crippen LogP contribution in [0.4, 0.5) is 5.69 Å². The van der Waals surface area contributed by atoms with Crippen molar-refractivity contribution in [3.05, 3.63) is 48.3 Å². The summed E-state index contributed by atoms with van der Waals surface area (Å²) in [6, 6.07) is 9.22. The number of carbonyl (C=O) groups is 1. The van der Waals surface area contributed by atoms with Crippen LogP contribution in [0.3, 0.4) is 0 Å². The normalized spacial score (nSPS) is 9.94. The first-order valence-electron chi connectivity index (χ1n) is 5.34. The lowest BCUT2D eigenvalue weighted by Crippen LogP contribution is -2.14. The van der Waals surface area contributed by atoms with Gasteiger partial charge < -0.3 is 15.0 Å². The van der Waals surface area contributed by atoms with Gasteiger partial charge in [-0.25, -0.2) is 0 Å². The van der Waals surface area contributed by atoms with Gasteiger partial charge in [-0.05, 0) is 23.8 Å². The quantitative estimate of drug-likeness (QED) is 0.846. The van der Waals surface area contributed by atoms with E-state index >= 15 is 0 Å². The highest BCUT2D eigenvalue weighted by molar-refractivity contribution is 5.93. The largest absolute Gasteiger partial charge is 0.495 e. The Labute approximate surface area is 99.6 Å². The van der Waals surface area contributed by atoms with Crippen molar-refractivity contribution in [3.8, 4) is 5.75 Å². The monoisotopic (exact) mass is 230 g/mol. The molecule has 1 amide bonds. The van der Waals surface area contributed by atoms with E-state index in [1.807, 2.05) is 36.5 Å². The molecule has 0 aliphatic heterocycles. The number of anilines is 1. The van der Waals surface area contributed by atoms with Crippen molar-refractivity contribution < 1.29 is 9.53 Å². The molecule has 0 fully saturated rings. The minimum atomic E-state index is -0.0610. The Morgan fingerprint density at radius 2 is 2.18 bits per heavy atom. The Morgan fingerprint density at radius 3 is 2.88 bits per heavy atom. The first-order valence-corrected chi connectivity index (χ1v) is 5.34. The molecule has 4 nitrogen and oxygen atoms in total. The van der Waals surface area contributed by atoms with E-state index in [4.69, 9.17) is 4.74 Å². The predicted molar refractivity (Wildman–Crippen MR) is 66.1 cm³/mol. The van der Waals surface area contributed by atoms with Crippen molar-refractivity contribution in [2.75, 3.05) is 12.4 Å². The molecule has 1 heterocycles. The molecule has 88 valence electrons. The molecule has 0 unspecified atom stereocenters. The van der Waals surface area contributed by atoms with E-state index in [1.54, 1.807) is 13.3 Å². The van der Waals surface area contributed by atoms with Crippen molar-refractivity contribution in [2.24, 2.45) is 0 Å². The van der Waals surface area contributed by atoms with Crippen LogP contribution in [-0.4, -0.2) is 18.0 Å². The minimum absolute atomic E-state index is 0.0610. The molecule has 17 heavy (non-hydrogen) atoms. The molecule has 0 bridgehead atoms. The highest BCUT2D eigenvalue weighted by Gasteiger charge is 2.07. The molecular weight excluding hydrogens is 216 g/mol. The number of ether oxygens (including phenoxy) is 1. The van der Waals surface area contributed by atoms with Gasteiger partial charge in [0.05, 0.1) is 19.2 Å². The predicted octanol–water partition coefficient (Wildman–Crippen LogP) is 2.20. The number of aromatic amines is 1. The molecule has 0 aliphatic rings. The highest BCUT2D eigenvalue weighted by Crippen LogP contribution is 2.23. The molecule has 1 aromatic heterocycles. The number of benzene rings is 1. The molecule has 0 radical (unpaired) electrons. The Bertz CT molecular complexity index is 492. The van der Waals surface area contributed by atoms with Crippen LogP contribution in [0.5, 0.6) is 5.75 Å². The van der Waals surface area contributed by atoms with E-state index in [2.05, 4.69) is 10.3 Å². The Kier molecular flexibility index (Phi) is 3.45. The number of hydrogen-bond acceptors (Lipinski definition) is 2. The maximum Gasteiger partial charge on any atom is 0.228 e. The first-order chi connectivity index (χ1) is 8.29. The van der Waals surface area contributed by atoms with Crippen molar-refractivity contribution in [2.45, 2.75) is 6.42 Å². The van der Waals surface area contributed by atoms with Gasteiger partial charge in [0, 0.05) is 12.4 Å². The molecule has 1 aromatic carbocycles. The SMILES string of the molecule is COc1ccccc1NC(=O)Cc1cc[nH]c1. The lowest BCUT2D eigenvalue weighted by atomic mass is 10.2. The lowest BCUT2D eigenvalue weighted by molar-refractivity contribution is -0.115. The lowest BCUT2D eigenvalue weighted by Gasteiger charge is -2.09. The maximum atomic E-state index is 11.8. The van der Waals surface area contributed by atoms with Gasteiger partial charge in [0.25, 0.3) is 0 Å². The summed E-state index contributed by atoms with van der Waals surface area (Å²) in [6.45, 7) is 0. The molecule has 0 spiro atoms. The van der Waals surface area contributed by atoms with Crippen molar-refractivity contribution in [1.82, 2.24) is 4.98 Å². The van der Waals surface area contributed by atoms with Crippen LogP contribution in [0.15, 0.2) is 42.7 Å². The summed E-state index contributed by atoms with van der Waals surface area (Å²) in [5.74, 6) is 0.601. The molecule has 4 heteroatoms. The van der Waals surface area contributed by atoms with E-state index in [9.17, 15) is 4.79 Å². The number of aromatic nitrogens is 1. The van der Waals surface area contributed by atoms with E-state index in [1.165, 1.54) is 0 Å². The van der Waals surface area contributed by atoms with Gasteiger partial charge in [-0.2, -0.15) is 0 Å². The van der Waals surface area contributed by atoms with Crippen LogP contribution in [0.1, 0.15) is 5.56 Å². The standard InChI is InChI=1S/C13H14N2O2/c1-17-12-5-3-2-4-11(12)15-13(16)8-10-6-7-14-9-10/h2-7,9,14H,8H2,1H3,(H,15,16). The van der Waals surface area contributed by atoms with Gasteiger partial charge in [-0.1, -0.05) is 12.1 Å². The van der Waals surface area contributed by atoms with Crippen molar-refractivity contribution in [3.63, 3.8) is 0 Å². The fourth-order valence-corrected chi connectivity index (χ4v) is 1.60. The summed E-state index contributed by atoms with van der Waals surface area (Å²) in [4.78, 5) is 14.7. The number of para-hydroxylation sites is 2. The zero-order valence-electron chi connectivity index (χ0n) is 9.57. The molecule has 0 atom stereocenters. The van der Waals surface area contributed by atoms with Gasteiger partial charge in [0.1, 0.15) is 5.75 Å². The third-order valence-corrected chi connectivity index (χ3v) is 2.41. The Hall–Kier alpha value is -2.23. The van der Waals surface area contributed by atoms with Crippen LogP contribution in [0.25, 0.3) is 0 Å². The first kappa shape index (κ1) is 11.3. The molecular formula is C13H14N2O2. The van der Waals surface area contributed by atoms with Gasteiger partial charge in [0.2, 0.25) is 5.91 Å². The third-order valence-electron chi connectivity index (χ3n) is 2.41. The summed E-state index contributed by atoms with van der Waals surface area (Å²) >= 11 is 0. The van der Waals surface area contributed by atoms with Crippen LogP contribution in [0, 0.1) is 0 Å². The number of carbonyl (C=O) groups excluding carboxylic acids is 1. The van der Waals surface area contributed by atoms with Crippen LogP contribution in [-0.2, 0) is 11.2 Å². The third kappa shape index (κ3) is 2.87. The fourth-order valence-electron chi connectivity index (χ4n) is 1.60. The van der Waals surface area contributed by atoms with Gasteiger partial charge in [-0.15, -0.1) is 0 Å². The van der Waals surface area contributed by atoms with Crippen LogP contribution < -0.4 is 10.1 Å². The van der Waals surface area contributed by atoms with Gasteiger partial charge in [0.15, 0.2) is 0 Å². The van der Waals surface area contributed by atoms with Crippen LogP contribution in [0.2, 0.25) is 0 Å². The average molecular weight is 230 g/mol. The molecule has 0 aliphatic carbocycles. The van der Waals surface area contributed by atoms with Crippen LogP contribution >= 0.6 is 0 Å². The molecule has 2 rings (SSSR count). The molecule has 2 N–H and O–H groups in total. The van der Waals surface area contributed by atoms with Crippen molar-refractivity contribution >= 4 is 11.6 Å². The average Bonchev–Trinajstić information content (AvgIpc) is 2.82. The molecule has 0 saturated carbocycles. The highest BCUT2D eigenvalue weighted by atomic mass is 16.5. The van der Waals surface area contributed by atoms with E-state index in [0.29, 0.717) is 17.9 Å². The summed E-state index contributed by atoms with van der Waals surface area (Å²) in [6.07, 6.45) is 3.95. The molecule has 2 aromatic rings. The number of nitrogens with one attached hydrogen (secondary N) is 2. The zero-order valence-corrected chi connectivity index (χ0v) is 9.57. The zero-order chi connectivity index (χ0) is 12.1. The molecule has 0 saturated heterocycles. The number of amides is 1. The maximum absolute atomic E-state index is 11.8. The van der Waals surface area contributed by atoms with E-state index < -0.39 is 0 Å².